The van der Waals surface area contributed by atoms with Gasteiger partial charge in [-0.3, -0.25) is 19.2 Å². The lowest BCUT2D eigenvalue weighted by atomic mass is 10.3. The van der Waals surface area contributed by atoms with Crippen molar-refractivity contribution in [3.63, 3.8) is 0 Å². The number of hydrogen-bond acceptors (Lipinski definition) is 27. The molecule has 0 radical (unpaired) electrons. The van der Waals surface area contributed by atoms with E-state index in [0.717, 1.165) is 20.8 Å². The number of carbonyl (C=O) groups excluding carboxylic acids is 7. The van der Waals surface area contributed by atoms with Crippen LogP contribution in [0, 0.1) is 0 Å². The second kappa shape index (κ2) is 71.1. The molecule has 0 aliphatic heterocycles. The number of ether oxygens (including phenoxy) is 3. The van der Waals surface area contributed by atoms with Crippen molar-refractivity contribution in [3.05, 3.63) is 227 Å². The molecule has 111 heavy (non-hydrogen) atoms. The summed E-state index contributed by atoms with van der Waals surface area (Å²) in [6.45, 7) is 19.0. The van der Waals surface area contributed by atoms with Crippen LogP contribution in [-0.4, -0.2) is 215 Å². The van der Waals surface area contributed by atoms with Gasteiger partial charge in [-0.15, -0.1) is 26.3 Å². The fraction of sp³-hybridized carbons (Fsp3) is 0.342. The highest BCUT2D eigenvalue weighted by Crippen LogP contribution is 2.36. The molecular weight excluding hydrogens is 1620 g/mol. The number of alkyl carbamates (subject to hydrolysis) is 3. The molecule has 7 atom stereocenters. The number of carbonyl (C=O) groups is 7. The Kier molecular flexibility index (Phi) is 66.8. The molecule has 0 saturated heterocycles. The first-order chi connectivity index (χ1) is 53.8. The van der Waals surface area contributed by atoms with Crippen molar-refractivity contribution in [2.45, 2.75) is 61.1 Å². The molecule has 0 aliphatic carbocycles. The number of nitrogens with two attached hydrogens (primary N) is 1. The molecule has 0 aliphatic rings. The molecule has 7 amide bonds. The van der Waals surface area contributed by atoms with E-state index in [1.807, 2.05) is 78.9 Å². The third-order valence-corrected chi connectivity index (χ3v) is 28.0. The molecule has 35 heteroatoms. The van der Waals surface area contributed by atoms with Gasteiger partial charge in [-0.2, -0.15) is 24.4 Å². The van der Waals surface area contributed by atoms with Crippen LogP contribution in [0.2, 0.25) is 0 Å². The van der Waals surface area contributed by atoms with Gasteiger partial charge in [0.2, 0.25) is 23.6 Å². The normalized spacial score (nSPS) is 12.0. The number of likely N-dealkylation sites (N-methyl/N-ethyl adjacent to an activating group) is 6. The molecule has 608 valence electrons. The second-order valence-electron chi connectivity index (χ2n) is 21.2. The maximum atomic E-state index is 11.5. The van der Waals surface area contributed by atoms with Gasteiger partial charge in [0, 0.05) is 108 Å². The topological polar surface area (TPSA) is 332 Å². The molecule has 6 aromatic rings. The summed E-state index contributed by atoms with van der Waals surface area (Å²) in [6, 6.07) is 49.1. The van der Waals surface area contributed by atoms with Gasteiger partial charge in [0.1, 0.15) is 15.1 Å². The highest BCUT2D eigenvalue weighted by atomic mass is 33.1. The van der Waals surface area contributed by atoms with Gasteiger partial charge in [-0.25, -0.2) is 29.3 Å². The van der Waals surface area contributed by atoms with Gasteiger partial charge in [-0.05, 0) is 114 Å². The van der Waals surface area contributed by atoms with Gasteiger partial charge in [0.05, 0.1) is 55.2 Å². The summed E-state index contributed by atoms with van der Waals surface area (Å²) in [6.07, 6.45) is 15.0. The minimum atomic E-state index is -0.462. The summed E-state index contributed by atoms with van der Waals surface area (Å²) in [5.41, 5.74) is 5.52. The number of aromatic nitrogens is 3. The summed E-state index contributed by atoms with van der Waals surface area (Å²) in [7, 11) is 26.4. The fourth-order valence-electron chi connectivity index (χ4n) is 7.32. The van der Waals surface area contributed by atoms with E-state index in [2.05, 4.69) is 212 Å². The van der Waals surface area contributed by atoms with E-state index in [1.54, 1.807) is 171 Å². The molecule has 3 heterocycles. The van der Waals surface area contributed by atoms with Crippen molar-refractivity contribution in [3.8, 4) is 0 Å². The number of nitrogens with zero attached hydrogens (tertiary/aromatic N) is 3. The number of benzene rings is 3. The molecule has 7 unspecified atom stereocenters. The molecule has 3 aromatic carbocycles. The van der Waals surface area contributed by atoms with E-state index in [9.17, 15) is 33.6 Å². The molecule has 3 aromatic heterocycles. The van der Waals surface area contributed by atoms with Crippen LogP contribution in [0.1, 0.15) is 6.92 Å². The smallest absolute Gasteiger partial charge is 0.407 e. The molecule has 0 fully saturated rings. The van der Waals surface area contributed by atoms with Crippen molar-refractivity contribution >= 4 is 176 Å². The van der Waals surface area contributed by atoms with Crippen molar-refractivity contribution in [1.82, 2.24) is 68.1 Å². The van der Waals surface area contributed by atoms with E-state index in [1.165, 1.54) is 44.2 Å². The zero-order valence-electron chi connectivity index (χ0n) is 64.4. The predicted octanol–water partition coefficient (Wildman–Crippen LogP) is 10.9. The van der Waals surface area contributed by atoms with Gasteiger partial charge in [0.25, 0.3) is 0 Å². The Morgan fingerprint density at radius 1 is 0.459 bits per heavy atom. The van der Waals surface area contributed by atoms with Gasteiger partial charge < -0.3 is 73.1 Å². The number of hydrogen-bond donors (Lipinski definition) is 12. The molecule has 6 rings (SSSR count). The van der Waals surface area contributed by atoms with E-state index in [4.69, 9.17) is 5.73 Å². The van der Waals surface area contributed by atoms with Crippen molar-refractivity contribution < 1.29 is 47.8 Å². The zero-order valence-corrected chi connectivity index (χ0v) is 73.5. The predicted molar refractivity (Wildman–Crippen MR) is 484 cm³/mol. The Bertz CT molecular complexity index is 3390. The van der Waals surface area contributed by atoms with Crippen LogP contribution in [-0.2, 0) is 33.4 Å². The Labute approximate surface area is 699 Å². The minimum absolute atomic E-state index is 0.0127. The van der Waals surface area contributed by atoms with E-state index in [0.29, 0.717) is 55.2 Å². The number of thioether (sulfide) groups is 1. The van der Waals surface area contributed by atoms with Crippen molar-refractivity contribution in [2.24, 2.45) is 5.73 Å². The first-order valence-electron chi connectivity index (χ1n) is 34.2. The van der Waals surface area contributed by atoms with Crippen LogP contribution in [0.5, 0.6) is 0 Å². The van der Waals surface area contributed by atoms with Crippen LogP contribution >= 0.6 is 119 Å². The number of methoxy groups -OCH3 is 3. The summed E-state index contributed by atoms with van der Waals surface area (Å²) in [5.74, 6) is 2.55. The SMILES string of the molecule is C=CC(CN)SSc1ccccn1.C=CC(CNC(=O)OC)SSCC(NC)C(=O)NC.C=CC(CNC(=O)OC)SSc1ccccn1.C=CC(CNC(C)=O)SSc1ccccn1.CNC(=O)C(CS)NC.CNC(=O)C(CSC/C=C/CNC(=O)OC)NC.c1ccc(P(c2ccccc2)c2ccccc2)cc1. The second-order valence-corrected chi connectivity index (χ2v) is 34.9. The van der Waals surface area contributed by atoms with Gasteiger partial charge in [0.15, 0.2) is 0 Å². The van der Waals surface area contributed by atoms with Gasteiger partial charge >= 0.3 is 18.3 Å². The molecule has 0 bridgehead atoms. The molecule has 24 nitrogen and oxygen atoms in total. The fourth-order valence-corrected chi connectivity index (χ4v) is 19.7. The average Bonchev–Trinajstić information content (AvgIpc) is 0.820. The minimum Gasteiger partial charge on any atom is -0.453 e. The van der Waals surface area contributed by atoms with Crippen LogP contribution < -0.4 is 74.8 Å². The third-order valence-electron chi connectivity index (χ3n) is 13.4. The molecule has 0 spiro atoms. The Morgan fingerprint density at radius 2 is 0.802 bits per heavy atom. The Hall–Kier alpha value is -6.73. The van der Waals surface area contributed by atoms with E-state index >= 15 is 0 Å². The maximum absolute atomic E-state index is 11.5. The van der Waals surface area contributed by atoms with Crippen LogP contribution in [0.15, 0.2) is 242 Å². The number of thiol groups is 1. The number of nitrogens with one attached hydrogen (secondary N) is 10. The third kappa shape index (κ3) is 53.1. The van der Waals surface area contributed by atoms with E-state index in [-0.39, 0.29) is 57.5 Å². The average molecular weight is 1730 g/mol. The highest BCUT2D eigenvalue weighted by molar-refractivity contribution is 8.77. The number of pyridine rings is 3. The lowest BCUT2D eigenvalue weighted by Gasteiger charge is -2.18. The van der Waals surface area contributed by atoms with E-state index < -0.39 is 26.2 Å². The first kappa shape index (κ1) is 104. The largest absolute Gasteiger partial charge is 0.453 e. The van der Waals surface area contributed by atoms with Crippen LogP contribution in [0.25, 0.3) is 0 Å². The highest BCUT2D eigenvalue weighted by Gasteiger charge is 2.19. The molecule has 0 saturated carbocycles. The van der Waals surface area contributed by atoms with Crippen LogP contribution in [0.3, 0.4) is 0 Å². The summed E-state index contributed by atoms with van der Waals surface area (Å²) in [5, 5.41) is 34.7. The van der Waals surface area contributed by atoms with Crippen LogP contribution in [0.4, 0.5) is 14.4 Å². The van der Waals surface area contributed by atoms with Gasteiger partial charge in [-0.1, -0.05) is 200 Å². The summed E-state index contributed by atoms with van der Waals surface area (Å²) in [4.78, 5) is 89.5. The maximum Gasteiger partial charge on any atom is 0.407 e. The van der Waals surface area contributed by atoms with Crippen molar-refractivity contribution in [1.29, 1.82) is 0 Å². The standard InChI is InChI=1S/C18H15P.C11H21N3O3S2.C11H21N3O3S.C11H14N2O2S2.C11H14N2OS2.C9H12N2S2.C5H12N2OS/c1-4-10-16(11-5-1)19(17-12-6-2-7-13-17)18-14-8-3-9-15-18;1-5-8(6-14-11(16)17-4)19-18-7-9(12-2)10(15)13-3;1-12-9(10(15)13-2)8-18-7-5-4-6-14-11(16)17-3;1-3-9(8-13-11(14)15-2)16-17-10-6-4-5-7-12-10;1-3-10(8-13-9(2)14)15-16-11-6-4-5-7-12-11;1-2-8(7-10)12-13-9-5-3-4-6-11-9;1-6-4(3-9)5(8)7-2/h1-15H;5,8-9,12H,1,6-7H2,2-4H3,(H,13,15)(H,14,16);4-5,9,12H,6-8H2,1-3H3,(H,13,15)(H,14,16);3-7,9H,1,8H2,2H3,(H,13,14);3-7,10H,1,8H2,2H3,(H,13,14);2-6,8H,1,7,10H2;4,6,9H,3H2,1-2H3,(H,7,8)/b;;5-4+;;;;. The first-order valence-corrected chi connectivity index (χ1v) is 46.3. The number of amides is 7. The lowest BCUT2D eigenvalue weighted by Crippen LogP contribution is -2.42. The quantitative estimate of drug-likeness (QED) is 0.00425. The molecule has 12 N–H and O–H groups in total. The lowest BCUT2D eigenvalue weighted by molar-refractivity contribution is -0.122. The van der Waals surface area contributed by atoms with Crippen molar-refractivity contribution in [2.75, 3.05) is 119 Å². The zero-order chi connectivity index (χ0) is 82.5. The Balaban J connectivity index is 0.00000128. The monoisotopic (exact) mass is 1730 g/mol. The Morgan fingerprint density at radius 3 is 1.12 bits per heavy atom. The summed E-state index contributed by atoms with van der Waals surface area (Å²) < 4.78 is 13.4. The summed E-state index contributed by atoms with van der Waals surface area (Å²) >= 11 is 5.61. The molecular formula is C76H109N14O10PS10. The number of rotatable bonds is 40.